The number of thiazole rings is 1. The number of halogens is 1. The zero-order chi connectivity index (χ0) is 24.7. The van der Waals surface area contributed by atoms with Crippen LogP contribution in [0.5, 0.6) is 0 Å². The van der Waals surface area contributed by atoms with Crippen molar-refractivity contribution in [2.24, 2.45) is 5.92 Å². The highest BCUT2D eigenvalue weighted by atomic mass is 35.5. The number of anilines is 2. The molecular weight excluding hydrogens is 474 g/mol. The number of urea groups is 1. The molecule has 0 aliphatic carbocycles. The van der Waals surface area contributed by atoms with Gasteiger partial charge in [0, 0.05) is 29.7 Å². The van der Waals surface area contributed by atoms with Crippen molar-refractivity contribution in [3.05, 3.63) is 76.3 Å². The number of aromatic nitrogens is 1. The summed E-state index contributed by atoms with van der Waals surface area (Å²) in [5.74, 6) is -0.899. The number of nitrogens with zero attached hydrogens (tertiary/aromatic N) is 2. The van der Waals surface area contributed by atoms with Crippen molar-refractivity contribution >= 4 is 51.6 Å². The van der Waals surface area contributed by atoms with E-state index in [2.05, 4.69) is 20.9 Å². The van der Waals surface area contributed by atoms with E-state index in [-0.39, 0.29) is 22.7 Å². The minimum Gasteiger partial charge on any atom is -0.347 e. The van der Waals surface area contributed by atoms with Gasteiger partial charge in [0.25, 0.3) is 5.91 Å². The molecule has 1 heterocycles. The average molecular weight is 500 g/mol. The lowest BCUT2D eigenvalue weighted by molar-refractivity contribution is -0.121. The monoisotopic (exact) mass is 499 g/mol. The van der Waals surface area contributed by atoms with Crippen LogP contribution in [0.25, 0.3) is 0 Å². The number of hydrogen-bond acceptors (Lipinski definition) is 5. The Labute approximate surface area is 207 Å². The molecule has 3 aromatic rings. The number of hydrogen-bond donors (Lipinski definition) is 3. The zero-order valence-electron chi connectivity index (χ0n) is 19.0. The summed E-state index contributed by atoms with van der Waals surface area (Å²) in [6, 6.07) is 15.0. The number of carbonyl (C=O) groups is 3. The molecular formula is C24H26ClN5O3S. The second kappa shape index (κ2) is 11.6. The third kappa shape index (κ3) is 6.79. The van der Waals surface area contributed by atoms with E-state index < -0.39 is 18.0 Å². The van der Waals surface area contributed by atoms with Crippen molar-refractivity contribution in [3.8, 4) is 0 Å². The molecule has 0 fully saturated rings. The largest absolute Gasteiger partial charge is 0.347 e. The van der Waals surface area contributed by atoms with Crippen molar-refractivity contribution < 1.29 is 14.4 Å². The van der Waals surface area contributed by atoms with Crippen LogP contribution >= 0.6 is 22.9 Å². The Balaban J connectivity index is 1.60. The van der Waals surface area contributed by atoms with Gasteiger partial charge in [0.15, 0.2) is 5.13 Å². The molecule has 1 atom stereocenters. The summed E-state index contributed by atoms with van der Waals surface area (Å²) in [5.41, 5.74) is 1.75. The van der Waals surface area contributed by atoms with E-state index >= 15 is 0 Å². The van der Waals surface area contributed by atoms with E-state index in [1.165, 1.54) is 4.90 Å². The molecule has 3 rings (SSSR count). The van der Waals surface area contributed by atoms with Gasteiger partial charge in [-0.3, -0.25) is 9.59 Å². The molecule has 0 unspecified atom stereocenters. The average Bonchev–Trinajstić information content (AvgIpc) is 3.28. The highest BCUT2D eigenvalue weighted by Crippen LogP contribution is 2.20. The highest BCUT2D eigenvalue weighted by Gasteiger charge is 2.30. The van der Waals surface area contributed by atoms with Gasteiger partial charge in [-0.2, -0.15) is 0 Å². The Morgan fingerprint density at radius 3 is 2.35 bits per heavy atom. The van der Waals surface area contributed by atoms with E-state index in [0.717, 1.165) is 16.9 Å². The number of amides is 4. The maximum atomic E-state index is 13.0. The molecule has 0 saturated carbocycles. The van der Waals surface area contributed by atoms with E-state index in [9.17, 15) is 14.4 Å². The minimum atomic E-state index is -0.758. The number of rotatable bonds is 8. The molecule has 178 valence electrons. The van der Waals surface area contributed by atoms with Gasteiger partial charge in [0.2, 0.25) is 5.91 Å². The van der Waals surface area contributed by atoms with Crippen LogP contribution in [0.4, 0.5) is 15.6 Å². The van der Waals surface area contributed by atoms with E-state index in [4.69, 9.17) is 11.6 Å². The Kier molecular flexibility index (Phi) is 8.61. The Hall–Kier alpha value is -3.43. The maximum absolute atomic E-state index is 13.0. The van der Waals surface area contributed by atoms with Crippen molar-refractivity contribution in [2.75, 3.05) is 17.7 Å². The molecule has 34 heavy (non-hydrogen) atoms. The maximum Gasteiger partial charge on any atom is 0.322 e. The molecule has 10 heteroatoms. The molecule has 0 bridgehead atoms. The smallest absolute Gasteiger partial charge is 0.322 e. The Morgan fingerprint density at radius 2 is 1.71 bits per heavy atom. The summed E-state index contributed by atoms with van der Waals surface area (Å²) in [7, 11) is 1.56. The van der Waals surface area contributed by atoms with Crippen LogP contribution in [-0.4, -0.2) is 40.8 Å². The van der Waals surface area contributed by atoms with Gasteiger partial charge >= 0.3 is 6.03 Å². The molecule has 0 saturated heterocycles. The quantitative estimate of drug-likeness (QED) is 0.412. The van der Waals surface area contributed by atoms with Gasteiger partial charge in [-0.05, 0) is 35.7 Å². The summed E-state index contributed by atoms with van der Waals surface area (Å²) in [6.07, 6.45) is 0. The van der Waals surface area contributed by atoms with E-state index in [0.29, 0.717) is 17.3 Å². The standard InChI is InChI=1S/C24H26ClN5O3S/c1-15(2)20(30(3)24(33)27-18-11-9-17(25)10-12-18)22(32)29-23-28-19(14-34-23)21(31)26-13-16-7-5-4-6-8-16/h4-12,14-15,20H,13H2,1-3H3,(H,26,31)(H,27,33)(H,28,29,32)/t20-/m0/s1. The topological polar surface area (TPSA) is 103 Å². The SMILES string of the molecule is CC(C)[C@@H](C(=O)Nc1nc(C(=O)NCc2ccccc2)cs1)N(C)C(=O)Nc1ccc(Cl)cc1. The normalized spacial score (nSPS) is 11.6. The lowest BCUT2D eigenvalue weighted by atomic mass is 10.0. The fraction of sp³-hybridized carbons (Fsp3) is 0.250. The molecule has 0 aliphatic heterocycles. The third-order valence-corrected chi connectivity index (χ3v) is 6.01. The summed E-state index contributed by atoms with van der Waals surface area (Å²) >= 11 is 7.03. The molecule has 0 radical (unpaired) electrons. The molecule has 1 aromatic heterocycles. The Morgan fingerprint density at radius 1 is 1.03 bits per heavy atom. The van der Waals surface area contributed by atoms with Gasteiger partial charge in [0.05, 0.1) is 0 Å². The molecule has 0 spiro atoms. The molecule has 4 amide bonds. The van der Waals surface area contributed by atoms with Crippen LogP contribution in [0, 0.1) is 5.92 Å². The first-order chi connectivity index (χ1) is 16.2. The number of carbonyl (C=O) groups excluding carboxylic acids is 3. The van der Waals surface area contributed by atoms with Crippen molar-refractivity contribution in [2.45, 2.75) is 26.4 Å². The lowest BCUT2D eigenvalue weighted by Crippen LogP contribution is -2.49. The van der Waals surface area contributed by atoms with Crippen LogP contribution in [0.2, 0.25) is 5.02 Å². The Bertz CT molecular complexity index is 1140. The number of likely N-dealkylation sites (N-methyl/N-ethyl adjacent to an activating group) is 1. The molecule has 2 aromatic carbocycles. The van der Waals surface area contributed by atoms with Crippen LogP contribution in [0.15, 0.2) is 60.0 Å². The van der Waals surface area contributed by atoms with Crippen molar-refractivity contribution in [1.82, 2.24) is 15.2 Å². The number of benzene rings is 2. The first-order valence-electron chi connectivity index (χ1n) is 10.6. The molecule has 3 N–H and O–H groups in total. The van der Waals surface area contributed by atoms with Crippen molar-refractivity contribution in [3.63, 3.8) is 0 Å². The first kappa shape index (κ1) is 25.2. The van der Waals surface area contributed by atoms with Crippen LogP contribution in [0.1, 0.15) is 29.9 Å². The minimum absolute atomic E-state index is 0.172. The lowest BCUT2D eigenvalue weighted by Gasteiger charge is -2.30. The second-order valence-electron chi connectivity index (χ2n) is 7.93. The fourth-order valence-electron chi connectivity index (χ4n) is 3.28. The van der Waals surface area contributed by atoms with Crippen LogP contribution < -0.4 is 16.0 Å². The van der Waals surface area contributed by atoms with Gasteiger partial charge in [0.1, 0.15) is 11.7 Å². The molecule has 0 aliphatic rings. The second-order valence-corrected chi connectivity index (χ2v) is 9.23. The predicted molar refractivity (Wildman–Crippen MR) is 135 cm³/mol. The predicted octanol–water partition coefficient (Wildman–Crippen LogP) is 4.85. The summed E-state index contributed by atoms with van der Waals surface area (Å²) in [4.78, 5) is 43.7. The third-order valence-electron chi connectivity index (χ3n) is 5.00. The highest BCUT2D eigenvalue weighted by molar-refractivity contribution is 7.14. The van der Waals surface area contributed by atoms with E-state index in [1.807, 2.05) is 44.2 Å². The van der Waals surface area contributed by atoms with Crippen molar-refractivity contribution in [1.29, 1.82) is 0 Å². The first-order valence-corrected chi connectivity index (χ1v) is 11.9. The van der Waals surface area contributed by atoms with Crippen LogP contribution in [-0.2, 0) is 11.3 Å². The van der Waals surface area contributed by atoms with Gasteiger partial charge in [-0.15, -0.1) is 11.3 Å². The van der Waals surface area contributed by atoms with Gasteiger partial charge in [-0.25, -0.2) is 9.78 Å². The summed E-state index contributed by atoms with van der Waals surface area (Å²) < 4.78 is 0. The van der Waals surface area contributed by atoms with Gasteiger partial charge in [-0.1, -0.05) is 55.8 Å². The summed E-state index contributed by atoms with van der Waals surface area (Å²) in [6.45, 7) is 4.07. The number of nitrogens with one attached hydrogen (secondary N) is 3. The fourth-order valence-corrected chi connectivity index (χ4v) is 4.10. The van der Waals surface area contributed by atoms with Crippen LogP contribution in [0.3, 0.4) is 0 Å². The van der Waals surface area contributed by atoms with Gasteiger partial charge < -0.3 is 20.9 Å². The van der Waals surface area contributed by atoms with E-state index in [1.54, 1.807) is 36.7 Å². The molecule has 8 nitrogen and oxygen atoms in total. The summed E-state index contributed by atoms with van der Waals surface area (Å²) in [5, 5.41) is 10.7. The zero-order valence-corrected chi connectivity index (χ0v) is 20.6.